The molecule has 0 amide bonds. The Bertz CT molecular complexity index is 1380. The molecule has 1 aliphatic heterocycles. The highest BCUT2D eigenvalue weighted by molar-refractivity contribution is 5.86. The Morgan fingerprint density at radius 1 is 1.03 bits per heavy atom. The molecule has 0 unspecified atom stereocenters. The first kappa shape index (κ1) is 21.3. The Morgan fingerprint density at radius 3 is 2.68 bits per heavy atom. The van der Waals surface area contributed by atoms with Gasteiger partial charge in [-0.05, 0) is 68.4 Å². The SMILES string of the molecule is C[C@H]1[C@H](CCc2ccc3ccc(N)nc3c2)[C@H]2OC(C)(C)O[C@H]2[C@@H]1n1ccc2c(N)ncnc21. The number of fused-ring (bicyclic) bond motifs is 3. The van der Waals surface area contributed by atoms with Gasteiger partial charge in [-0.2, -0.15) is 0 Å². The molecule has 3 aromatic heterocycles. The number of ether oxygens (including phenoxy) is 2. The number of nitrogens with two attached hydrogens (primary N) is 2. The predicted molar refractivity (Wildman–Crippen MR) is 132 cm³/mol. The van der Waals surface area contributed by atoms with Gasteiger partial charge in [-0.3, -0.25) is 0 Å². The number of pyridine rings is 1. The highest BCUT2D eigenvalue weighted by Gasteiger charge is 2.57. The number of hydrogen-bond donors (Lipinski definition) is 2. The lowest BCUT2D eigenvalue weighted by Crippen LogP contribution is -2.30. The van der Waals surface area contributed by atoms with E-state index >= 15 is 0 Å². The van der Waals surface area contributed by atoms with Crippen molar-refractivity contribution in [2.75, 3.05) is 11.5 Å². The van der Waals surface area contributed by atoms with Crippen molar-refractivity contribution >= 4 is 33.6 Å². The molecular weight excluding hydrogens is 428 g/mol. The van der Waals surface area contributed by atoms with Crippen LogP contribution in [0.4, 0.5) is 11.6 Å². The van der Waals surface area contributed by atoms with Crippen LogP contribution in [-0.2, 0) is 15.9 Å². The summed E-state index contributed by atoms with van der Waals surface area (Å²) in [6.07, 6.45) is 5.47. The van der Waals surface area contributed by atoms with E-state index < -0.39 is 5.79 Å². The van der Waals surface area contributed by atoms with Gasteiger partial charge >= 0.3 is 0 Å². The molecule has 6 rings (SSSR count). The van der Waals surface area contributed by atoms with Gasteiger partial charge in [0.2, 0.25) is 0 Å². The lowest BCUT2D eigenvalue weighted by Gasteiger charge is -2.29. The molecule has 0 bridgehead atoms. The topological polar surface area (TPSA) is 114 Å². The predicted octanol–water partition coefficient (Wildman–Crippen LogP) is 4.10. The molecule has 8 nitrogen and oxygen atoms in total. The van der Waals surface area contributed by atoms with Crippen molar-refractivity contribution in [3.05, 3.63) is 54.5 Å². The fourth-order valence-electron chi connectivity index (χ4n) is 6.00. The first-order chi connectivity index (χ1) is 16.3. The molecule has 1 aliphatic carbocycles. The first-order valence-electron chi connectivity index (χ1n) is 11.9. The summed E-state index contributed by atoms with van der Waals surface area (Å²) in [7, 11) is 0. The summed E-state index contributed by atoms with van der Waals surface area (Å²) in [6, 6.07) is 12.4. The number of nitrogens with zero attached hydrogens (tertiary/aromatic N) is 4. The number of aryl methyl sites for hydroxylation is 1. The van der Waals surface area contributed by atoms with Crippen LogP contribution >= 0.6 is 0 Å². The van der Waals surface area contributed by atoms with E-state index in [2.05, 4.69) is 50.8 Å². The zero-order valence-corrected chi connectivity index (χ0v) is 19.7. The summed E-state index contributed by atoms with van der Waals surface area (Å²) in [5.74, 6) is 1.08. The molecule has 8 heteroatoms. The molecule has 176 valence electrons. The molecule has 4 N–H and O–H groups in total. The van der Waals surface area contributed by atoms with Gasteiger partial charge in [0.15, 0.2) is 5.79 Å². The summed E-state index contributed by atoms with van der Waals surface area (Å²) < 4.78 is 15.2. The third-order valence-corrected chi connectivity index (χ3v) is 7.54. The molecule has 1 saturated carbocycles. The normalized spacial score (nSPS) is 28.0. The van der Waals surface area contributed by atoms with Gasteiger partial charge < -0.3 is 25.5 Å². The summed E-state index contributed by atoms with van der Waals surface area (Å²) in [5, 5.41) is 1.97. The molecule has 5 atom stereocenters. The van der Waals surface area contributed by atoms with Crippen LogP contribution in [0.2, 0.25) is 0 Å². The van der Waals surface area contributed by atoms with E-state index in [0.717, 1.165) is 34.8 Å². The molecule has 34 heavy (non-hydrogen) atoms. The van der Waals surface area contributed by atoms with E-state index in [1.54, 1.807) is 0 Å². The summed E-state index contributed by atoms with van der Waals surface area (Å²) >= 11 is 0. The Morgan fingerprint density at radius 2 is 1.82 bits per heavy atom. The third-order valence-electron chi connectivity index (χ3n) is 7.54. The van der Waals surface area contributed by atoms with E-state index in [1.165, 1.54) is 11.9 Å². The highest BCUT2D eigenvalue weighted by Crippen LogP contribution is 2.52. The zero-order valence-electron chi connectivity index (χ0n) is 19.7. The van der Waals surface area contributed by atoms with Crippen LogP contribution in [0.25, 0.3) is 21.9 Å². The van der Waals surface area contributed by atoms with Gasteiger partial charge in [-0.25, -0.2) is 15.0 Å². The minimum absolute atomic E-state index is 0.0147. The second kappa shape index (κ2) is 7.65. The van der Waals surface area contributed by atoms with E-state index in [4.69, 9.17) is 20.9 Å². The average Bonchev–Trinajstić information content (AvgIpc) is 3.42. The van der Waals surface area contributed by atoms with Gasteiger partial charge in [-0.15, -0.1) is 0 Å². The molecule has 0 radical (unpaired) electrons. The van der Waals surface area contributed by atoms with E-state index in [1.807, 2.05) is 32.0 Å². The summed E-state index contributed by atoms with van der Waals surface area (Å²) in [5.41, 5.74) is 15.0. The van der Waals surface area contributed by atoms with Crippen LogP contribution in [0.1, 0.15) is 38.8 Å². The maximum absolute atomic E-state index is 6.47. The molecule has 2 fully saturated rings. The highest BCUT2D eigenvalue weighted by atomic mass is 16.8. The Kier molecular flexibility index (Phi) is 4.79. The van der Waals surface area contributed by atoms with Gasteiger partial charge in [0.25, 0.3) is 0 Å². The van der Waals surface area contributed by atoms with E-state index in [0.29, 0.717) is 23.5 Å². The van der Waals surface area contributed by atoms with Crippen LogP contribution in [-0.4, -0.2) is 37.5 Å². The average molecular weight is 459 g/mol. The third kappa shape index (κ3) is 3.40. The van der Waals surface area contributed by atoms with Crippen molar-refractivity contribution in [2.24, 2.45) is 11.8 Å². The molecule has 1 aromatic carbocycles. The number of anilines is 2. The molecule has 0 spiro atoms. The van der Waals surface area contributed by atoms with Crippen molar-refractivity contribution in [3.8, 4) is 0 Å². The smallest absolute Gasteiger partial charge is 0.163 e. The summed E-state index contributed by atoms with van der Waals surface area (Å²) in [4.78, 5) is 13.2. The van der Waals surface area contributed by atoms with Crippen LogP contribution in [0.5, 0.6) is 0 Å². The standard InChI is InChI=1S/C26H30N6O2/c1-14-17(8-5-15-4-6-16-7-9-20(27)31-19(16)12-15)22-23(34-26(2,3)33-22)21(14)32-11-10-18-24(28)29-13-30-25(18)32/h4,6-7,9-14,17,21-23H,5,8H2,1-3H3,(H2,27,31)(H2,28,29,30)/t14-,17-,21+,22+,23-/m0/s1. The Balaban J connectivity index is 1.31. The second-order valence-corrected chi connectivity index (χ2v) is 10.1. The van der Waals surface area contributed by atoms with E-state index in [-0.39, 0.29) is 18.2 Å². The first-order valence-corrected chi connectivity index (χ1v) is 11.9. The van der Waals surface area contributed by atoms with Crippen molar-refractivity contribution in [2.45, 2.75) is 57.6 Å². The van der Waals surface area contributed by atoms with Crippen LogP contribution in [0, 0.1) is 11.8 Å². The quantitative estimate of drug-likeness (QED) is 0.473. The van der Waals surface area contributed by atoms with Crippen molar-refractivity contribution in [3.63, 3.8) is 0 Å². The minimum Gasteiger partial charge on any atom is -0.384 e. The number of benzene rings is 1. The lowest BCUT2D eigenvalue weighted by atomic mass is 9.88. The van der Waals surface area contributed by atoms with Gasteiger partial charge in [-0.1, -0.05) is 19.1 Å². The largest absolute Gasteiger partial charge is 0.384 e. The van der Waals surface area contributed by atoms with Gasteiger partial charge in [0.05, 0.1) is 23.0 Å². The van der Waals surface area contributed by atoms with Crippen molar-refractivity contribution in [1.82, 2.24) is 19.5 Å². The Hall–Kier alpha value is -3.23. The Labute approximate surface area is 198 Å². The number of nitrogen functional groups attached to an aromatic ring is 2. The molecule has 4 aromatic rings. The maximum atomic E-state index is 6.47. The molecule has 1 saturated heterocycles. The maximum Gasteiger partial charge on any atom is 0.163 e. The van der Waals surface area contributed by atoms with Crippen molar-refractivity contribution < 1.29 is 9.47 Å². The second-order valence-electron chi connectivity index (χ2n) is 10.1. The minimum atomic E-state index is -0.618. The monoisotopic (exact) mass is 458 g/mol. The number of rotatable bonds is 4. The number of aromatic nitrogens is 4. The molecule has 2 aliphatic rings. The fraction of sp³-hybridized carbons (Fsp3) is 0.423. The molecular formula is C26H30N6O2. The van der Waals surface area contributed by atoms with Gasteiger partial charge in [0.1, 0.15) is 29.7 Å². The summed E-state index contributed by atoms with van der Waals surface area (Å²) in [6.45, 7) is 6.29. The van der Waals surface area contributed by atoms with Crippen LogP contribution in [0.15, 0.2) is 48.9 Å². The molecule has 4 heterocycles. The number of hydrogen-bond acceptors (Lipinski definition) is 7. The van der Waals surface area contributed by atoms with Crippen LogP contribution in [0.3, 0.4) is 0 Å². The van der Waals surface area contributed by atoms with Crippen molar-refractivity contribution in [1.29, 1.82) is 0 Å². The fourth-order valence-corrected chi connectivity index (χ4v) is 6.00. The van der Waals surface area contributed by atoms with E-state index in [9.17, 15) is 0 Å². The van der Waals surface area contributed by atoms with Gasteiger partial charge in [0, 0.05) is 11.6 Å². The lowest BCUT2D eigenvalue weighted by molar-refractivity contribution is -0.165. The van der Waals surface area contributed by atoms with Crippen LogP contribution < -0.4 is 11.5 Å². The zero-order chi connectivity index (χ0) is 23.6.